The molecule has 1 rings (SSSR count). The summed E-state index contributed by atoms with van der Waals surface area (Å²) in [7, 11) is 0. The number of hydrogen-bond donors (Lipinski definition) is 0. The van der Waals surface area contributed by atoms with Gasteiger partial charge in [0, 0.05) is 32.1 Å². The third-order valence-corrected chi connectivity index (χ3v) is 3.14. The van der Waals surface area contributed by atoms with Crippen LogP contribution in [0.2, 0.25) is 0 Å². The van der Waals surface area contributed by atoms with Gasteiger partial charge in [-0.15, -0.1) is 0 Å². The molecule has 3 heteroatoms. The lowest BCUT2D eigenvalue weighted by Crippen LogP contribution is -2.38. The van der Waals surface area contributed by atoms with Crippen LogP contribution >= 0.6 is 0 Å². The zero-order valence-electron chi connectivity index (χ0n) is 10.1. The van der Waals surface area contributed by atoms with Crippen LogP contribution in [0.1, 0.15) is 33.1 Å². The molecule has 0 atom stereocenters. The van der Waals surface area contributed by atoms with Crippen LogP contribution in [-0.4, -0.2) is 48.6 Å². The van der Waals surface area contributed by atoms with E-state index >= 15 is 0 Å². The highest BCUT2D eigenvalue weighted by atomic mass is 15.2. The molecule has 86 valence electrons. The molecule has 0 aromatic heterocycles. The normalized spacial score (nSPS) is 17.5. The summed E-state index contributed by atoms with van der Waals surface area (Å²) in [6, 6.07) is 2.78. The predicted molar refractivity (Wildman–Crippen MR) is 62.6 cm³/mol. The Kier molecular flexibility index (Phi) is 5.67. The van der Waals surface area contributed by atoms with Gasteiger partial charge in [-0.1, -0.05) is 0 Å². The molecule has 3 nitrogen and oxygen atoms in total. The molecule has 0 aliphatic carbocycles. The topological polar surface area (TPSA) is 30.3 Å². The third kappa shape index (κ3) is 4.63. The van der Waals surface area contributed by atoms with Crippen molar-refractivity contribution in [2.45, 2.75) is 39.2 Å². The van der Waals surface area contributed by atoms with Crippen molar-refractivity contribution in [1.29, 1.82) is 5.26 Å². The zero-order chi connectivity index (χ0) is 11.1. The van der Waals surface area contributed by atoms with Gasteiger partial charge in [0.05, 0.1) is 6.07 Å². The van der Waals surface area contributed by atoms with E-state index in [1.807, 2.05) is 0 Å². The lowest BCUT2D eigenvalue weighted by molar-refractivity contribution is 0.192. The quantitative estimate of drug-likeness (QED) is 0.667. The van der Waals surface area contributed by atoms with Crippen molar-refractivity contribution >= 4 is 0 Å². The van der Waals surface area contributed by atoms with Crippen LogP contribution in [0.5, 0.6) is 0 Å². The molecule has 1 aliphatic heterocycles. The first-order chi connectivity index (χ1) is 7.24. The van der Waals surface area contributed by atoms with Crippen molar-refractivity contribution < 1.29 is 0 Å². The molecule has 1 fully saturated rings. The van der Waals surface area contributed by atoms with Gasteiger partial charge in [-0.3, -0.25) is 4.90 Å². The van der Waals surface area contributed by atoms with Crippen molar-refractivity contribution in [2.24, 2.45) is 0 Å². The molecule has 0 aromatic carbocycles. The Bertz CT molecular complexity index is 201. The lowest BCUT2D eigenvalue weighted by Gasteiger charge is -2.27. The van der Waals surface area contributed by atoms with E-state index in [4.69, 9.17) is 5.26 Å². The van der Waals surface area contributed by atoms with Gasteiger partial charge >= 0.3 is 0 Å². The maximum atomic E-state index is 8.59. The summed E-state index contributed by atoms with van der Waals surface area (Å²) >= 11 is 0. The molecule has 1 heterocycles. The van der Waals surface area contributed by atoms with Crippen LogP contribution in [0, 0.1) is 11.3 Å². The maximum absolute atomic E-state index is 8.59. The van der Waals surface area contributed by atoms with E-state index < -0.39 is 0 Å². The molecule has 0 aromatic rings. The molecular weight excluding hydrogens is 186 g/mol. The number of hydrogen-bond acceptors (Lipinski definition) is 3. The van der Waals surface area contributed by atoms with Crippen molar-refractivity contribution in [3.8, 4) is 6.07 Å². The Morgan fingerprint density at radius 3 is 2.47 bits per heavy atom. The lowest BCUT2D eigenvalue weighted by atomic mass is 10.3. The molecule has 0 saturated carbocycles. The zero-order valence-corrected chi connectivity index (χ0v) is 10.1. The fourth-order valence-electron chi connectivity index (χ4n) is 2.10. The van der Waals surface area contributed by atoms with E-state index in [0.717, 1.165) is 13.1 Å². The highest BCUT2D eigenvalue weighted by Gasteiger charge is 2.14. The van der Waals surface area contributed by atoms with Crippen LogP contribution in [0.25, 0.3) is 0 Å². The second-order valence-electron chi connectivity index (χ2n) is 4.59. The van der Waals surface area contributed by atoms with Gasteiger partial charge in [0.25, 0.3) is 0 Å². The largest absolute Gasteiger partial charge is 0.302 e. The fourth-order valence-corrected chi connectivity index (χ4v) is 2.10. The standard InChI is InChI=1S/C12H23N3/c1-12(2)15(9-5-6-13)11-10-14-7-3-4-8-14/h12H,3-5,7-11H2,1-2H3. The number of likely N-dealkylation sites (tertiary alicyclic amines) is 1. The Labute approximate surface area is 93.7 Å². The van der Waals surface area contributed by atoms with Crippen molar-refractivity contribution in [2.75, 3.05) is 32.7 Å². The molecule has 0 bridgehead atoms. The van der Waals surface area contributed by atoms with Crippen LogP contribution < -0.4 is 0 Å². The van der Waals surface area contributed by atoms with E-state index in [2.05, 4.69) is 29.7 Å². The summed E-state index contributed by atoms with van der Waals surface area (Å²) in [5, 5.41) is 8.59. The SMILES string of the molecule is CC(C)N(CCC#N)CCN1CCCC1. The van der Waals surface area contributed by atoms with Crippen molar-refractivity contribution in [3.05, 3.63) is 0 Å². The van der Waals surface area contributed by atoms with Gasteiger partial charge in [0.15, 0.2) is 0 Å². The first-order valence-electron chi connectivity index (χ1n) is 6.07. The molecule has 0 radical (unpaired) electrons. The second-order valence-corrected chi connectivity index (χ2v) is 4.59. The van der Waals surface area contributed by atoms with Crippen LogP contribution in [0.15, 0.2) is 0 Å². The first kappa shape index (κ1) is 12.5. The minimum atomic E-state index is 0.556. The Hall–Kier alpha value is -0.590. The average molecular weight is 209 g/mol. The average Bonchev–Trinajstić information content (AvgIpc) is 2.70. The predicted octanol–water partition coefficient (Wildman–Crippen LogP) is 1.71. The van der Waals surface area contributed by atoms with Crippen molar-refractivity contribution in [3.63, 3.8) is 0 Å². The van der Waals surface area contributed by atoms with Gasteiger partial charge in [-0.25, -0.2) is 0 Å². The minimum Gasteiger partial charge on any atom is -0.302 e. The molecule has 1 aliphatic rings. The molecular formula is C12H23N3. The van der Waals surface area contributed by atoms with Crippen LogP contribution in [0.4, 0.5) is 0 Å². The van der Waals surface area contributed by atoms with E-state index in [9.17, 15) is 0 Å². The van der Waals surface area contributed by atoms with Crippen LogP contribution in [-0.2, 0) is 0 Å². The number of nitriles is 1. The highest BCUT2D eigenvalue weighted by molar-refractivity contribution is 4.75. The first-order valence-corrected chi connectivity index (χ1v) is 6.07. The summed E-state index contributed by atoms with van der Waals surface area (Å²) in [4.78, 5) is 4.93. The summed E-state index contributed by atoms with van der Waals surface area (Å²) in [5.74, 6) is 0. The number of nitrogens with zero attached hydrogens (tertiary/aromatic N) is 3. The molecule has 0 spiro atoms. The van der Waals surface area contributed by atoms with Crippen molar-refractivity contribution in [1.82, 2.24) is 9.80 Å². The summed E-state index contributed by atoms with van der Waals surface area (Å²) in [5.41, 5.74) is 0. The van der Waals surface area contributed by atoms with Gasteiger partial charge < -0.3 is 4.90 Å². The van der Waals surface area contributed by atoms with E-state index in [1.165, 1.54) is 32.5 Å². The van der Waals surface area contributed by atoms with Gasteiger partial charge in [0.2, 0.25) is 0 Å². The summed E-state index contributed by atoms with van der Waals surface area (Å²) in [6.07, 6.45) is 3.37. The second kappa shape index (κ2) is 6.81. The molecule has 0 amide bonds. The molecule has 0 unspecified atom stereocenters. The van der Waals surface area contributed by atoms with Gasteiger partial charge in [-0.05, 0) is 39.8 Å². The highest BCUT2D eigenvalue weighted by Crippen LogP contribution is 2.08. The number of rotatable bonds is 6. The smallest absolute Gasteiger partial charge is 0.0635 e. The maximum Gasteiger partial charge on any atom is 0.0635 e. The van der Waals surface area contributed by atoms with E-state index in [0.29, 0.717) is 12.5 Å². The monoisotopic (exact) mass is 209 g/mol. The Morgan fingerprint density at radius 2 is 1.93 bits per heavy atom. The molecule has 0 N–H and O–H groups in total. The third-order valence-electron chi connectivity index (χ3n) is 3.14. The fraction of sp³-hybridized carbons (Fsp3) is 0.917. The van der Waals surface area contributed by atoms with Crippen LogP contribution in [0.3, 0.4) is 0 Å². The molecule has 1 saturated heterocycles. The van der Waals surface area contributed by atoms with Gasteiger partial charge in [0.1, 0.15) is 0 Å². The van der Waals surface area contributed by atoms with Gasteiger partial charge in [-0.2, -0.15) is 5.26 Å². The van der Waals surface area contributed by atoms with E-state index in [1.54, 1.807) is 0 Å². The Balaban J connectivity index is 2.21. The Morgan fingerprint density at radius 1 is 1.27 bits per heavy atom. The summed E-state index contributed by atoms with van der Waals surface area (Å²) in [6.45, 7) is 10.2. The molecule has 15 heavy (non-hydrogen) atoms. The van der Waals surface area contributed by atoms with E-state index in [-0.39, 0.29) is 0 Å². The summed E-state index contributed by atoms with van der Waals surface area (Å²) < 4.78 is 0. The minimum absolute atomic E-state index is 0.556.